The molecule has 11 heteroatoms. The number of nitrogens with zero attached hydrogens (tertiary/aromatic N) is 2. The lowest BCUT2D eigenvalue weighted by Crippen LogP contribution is -2.41. The van der Waals surface area contributed by atoms with Gasteiger partial charge in [-0.05, 0) is 61.7 Å². The fourth-order valence-electron chi connectivity index (χ4n) is 4.03. The van der Waals surface area contributed by atoms with E-state index in [0.717, 1.165) is 20.6 Å². The van der Waals surface area contributed by atoms with Gasteiger partial charge in [0.15, 0.2) is 11.5 Å². The van der Waals surface area contributed by atoms with Crippen LogP contribution in [0.2, 0.25) is 10.0 Å². The van der Waals surface area contributed by atoms with E-state index in [1.54, 1.807) is 26.4 Å². The molecule has 0 unspecified atom stereocenters. The van der Waals surface area contributed by atoms with Gasteiger partial charge in [-0.2, -0.15) is 0 Å². The van der Waals surface area contributed by atoms with Crippen LogP contribution in [0.3, 0.4) is 0 Å². The highest BCUT2D eigenvalue weighted by atomic mass is 35.5. The lowest BCUT2D eigenvalue weighted by atomic mass is 10.1. The number of aryl methyl sites for hydroxylation is 2. The molecule has 1 N–H and O–H groups in total. The number of methoxy groups -OCH3 is 2. The molecule has 2 heterocycles. The third-order valence-electron chi connectivity index (χ3n) is 6.10. The maximum Gasteiger partial charge on any atom is 0.337 e. The van der Waals surface area contributed by atoms with Gasteiger partial charge in [-0.15, -0.1) is 11.3 Å². The predicted octanol–water partition coefficient (Wildman–Crippen LogP) is 4.51. The Morgan fingerprint density at radius 1 is 1.00 bits per heavy atom. The minimum atomic E-state index is -0.632. The van der Waals surface area contributed by atoms with Crippen LogP contribution in [-0.2, 0) is 17.8 Å². The third-order valence-corrected chi connectivity index (χ3v) is 8.07. The SMILES string of the molecule is COc1ccc(CCNC(=O)Cn2c(=O)n(-c3ccc(Cl)c(Cl)c3)c(=O)c3c(C)c(C)sc32)cc1OC. The normalized spacial score (nSPS) is 11.1. The van der Waals surface area contributed by atoms with Crippen LogP contribution in [0.5, 0.6) is 11.5 Å². The van der Waals surface area contributed by atoms with Gasteiger partial charge in [0.2, 0.25) is 5.91 Å². The van der Waals surface area contributed by atoms with Crippen molar-refractivity contribution in [2.75, 3.05) is 20.8 Å². The molecule has 4 rings (SSSR count). The highest BCUT2D eigenvalue weighted by Gasteiger charge is 2.21. The van der Waals surface area contributed by atoms with E-state index in [1.165, 1.54) is 28.0 Å². The molecule has 1 amide bonds. The molecule has 4 aromatic rings. The molecule has 2 aromatic heterocycles. The number of benzene rings is 2. The van der Waals surface area contributed by atoms with Crippen molar-refractivity contribution in [3.63, 3.8) is 0 Å². The molecule has 0 bridgehead atoms. The summed E-state index contributed by atoms with van der Waals surface area (Å²) in [5.41, 5.74) is 0.895. The van der Waals surface area contributed by atoms with Crippen LogP contribution < -0.4 is 26.0 Å². The zero-order chi connectivity index (χ0) is 26.9. The van der Waals surface area contributed by atoms with Crippen molar-refractivity contribution in [3.05, 3.63) is 83.3 Å². The average molecular weight is 562 g/mol. The third kappa shape index (κ3) is 5.25. The first-order valence-corrected chi connectivity index (χ1v) is 12.9. The van der Waals surface area contributed by atoms with Crippen molar-refractivity contribution < 1.29 is 14.3 Å². The summed E-state index contributed by atoms with van der Waals surface area (Å²) >= 11 is 13.5. The molecule has 0 aliphatic rings. The lowest BCUT2D eigenvalue weighted by Gasteiger charge is -2.13. The van der Waals surface area contributed by atoms with Gasteiger partial charge in [0, 0.05) is 11.4 Å². The van der Waals surface area contributed by atoms with Crippen LogP contribution in [0.15, 0.2) is 46.0 Å². The minimum absolute atomic E-state index is 0.211. The van der Waals surface area contributed by atoms with Gasteiger partial charge in [-0.3, -0.25) is 14.2 Å². The molecule has 0 saturated heterocycles. The Labute approximate surface area is 227 Å². The maximum absolute atomic E-state index is 13.5. The average Bonchev–Trinajstić information content (AvgIpc) is 3.18. The van der Waals surface area contributed by atoms with E-state index >= 15 is 0 Å². The van der Waals surface area contributed by atoms with E-state index in [2.05, 4.69) is 5.32 Å². The molecule has 0 saturated carbocycles. The highest BCUT2D eigenvalue weighted by Crippen LogP contribution is 2.29. The summed E-state index contributed by atoms with van der Waals surface area (Å²) in [4.78, 5) is 41.2. The number of carbonyl (C=O) groups is 1. The molecule has 8 nitrogen and oxygen atoms in total. The quantitative estimate of drug-likeness (QED) is 0.341. The number of halogens is 2. The summed E-state index contributed by atoms with van der Waals surface area (Å²) in [7, 11) is 3.13. The van der Waals surface area contributed by atoms with Gasteiger partial charge in [0.05, 0.1) is 35.3 Å². The molecule has 2 aromatic carbocycles. The van der Waals surface area contributed by atoms with Gasteiger partial charge in [-0.1, -0.05) is 29.3 Å². The Kier molecular flexibility index (Phi) is 7.96. The van der Waals surface area contributed by atoms with Crippen molar-refractivity contribution in [3.8, 4) is 17.2 Å². The van der Waals surface area contributed by atoms with Gasteiger partial charge in [0.1, 0.15) is 11.4 Å². The highest BCUT2D eigenvalue weighted by molar-refractivity contribution is 7.18. The summed E-state index contributed by atoms with van der Waals surface area (Å²) in [6.07, 6.45) is 0.552. The summed E-state index contributed by atoms with van der Waals surface area (Å²) in [6.45, 7) is 3.80. The van der Waals surface area contributed by atoms with Crippen molar-refractivity contribution in [1.82, 2.24) is 14.5 Å². The van der Waals surface area contributed by atoms with Crippen molar-refractivity contribution in [2.24, 2.45) is 0 Å². The number of hydrogen-bond acceptors (Lipinski definition) is 6. The Morgan fingerprint density at radius 2 is 1.73 bits per heavy atom. The second kappa shape index (κ2) is 11.0. The number of aromatic nitrogens is 2. The number of hydrogen-bond donors (Lipinski definition) is 1. The Bertz CT molecular complexity index is 1620. The van der Waals surface area contributed by atoms with E-state index in [1.807, 2.05) is 26.0 Å². The standard InChI is InChI=1S/C26H25Cl2N3O5S/c1-14-15(2)37-25-23(14)24(33)31(17-6-7-18(27)19(28)12-17)26(34)30(25)13-22(32)29-10-9-16-5-8-20(35-3)21(11-16)36-4/h5-8,11-12H,9-10,13H2,1-4H3,(H,29,32). The Morgan fingerprint density at radius 3 is 2.41 bits per heavy atom. The molecule has 0 spiro atoms. The first-order valence-electron chi connectivity index (χ1n) is 11.3. The number of rotatable bonds is 8. The van der Waals surface area contributed by atoms with Crippen LogP contribution in [0.25, 0.3) is 15.9 Å². The Balaban J connectivity index is 1.64. The molecule has 37 heavy (non-hydrogen) atoms. The number of amides is 1. The van der Waals surface area contributed by atoms with Crippen LogP contribution in [0, 0.1) is 13.8 Å². The van der Waals surface area contributed by atoms with E-state index in [4.69, 9.17) is 32.7 Å². The molecule has 0 radical (unpaired) electrons. The van der Waals surface area contributed by atoms with Crippen molar-refractivity contribution in [2.45, 2.75) is 26.8 Å². The lowest BCUT2D eigenvalue weighted by molar-refractivity contribution is -0.121. The van der Waals surface area contributed by atoms with E-state index < -0.39 is 11.2 Å². The van der Waals surface area contributed by atoms with Gasteiger partial charge in [0.25, 0.3) is 5.56 Å². The molecule has 194 valence electrons. The fourth-order valence-corrected chi connectivity index (χ4v) is 5.46. The predicted molar refractivity (Wildman–Crippen MR) is 147 cm³/mol. The molecule has 0 aliphatic heterocycles. The second-order valence-corrected chi connectivity index (χ2v) is 10.4. The first-order chi connectivity index (χ1) is 17.7. The fraction of sp³-hybridized carbons (Fsp3) is 0.269. The summed E-state index contributed by atoms with van der Waals surface area (Å²) in [6, 6.07) is 10.1. The second-order valence-electron chi connectivity index (χ2n) is 8.36. The smallest absolute Gasteiger partial charge is 0.337 e. The monoisotopic (exact) mass is 561 g/mol. The van der Waals surface area contributed by atoms with Crippen LogP contribution in [0.4, 0.5) is 0 Å². The summed E-state index contributed by atoms with van der Waals surface area (Å²) in [5, 5.41) is 3.77. The molecular weight excluding hydrogens is 537 g/mol. The number of thiophene rings is 1. The largest absolute Gasteiger partial charge is 0.493 e. The molecule has 0 aliphatic carbocycles. The van der Waals surface area contributed by atoms with Crippen LogP contribution >= 0.6 is 34.5 Å². The maximum atomic E-state index is 13.5. The topological polar surface area (TPSA) is 91.6 Å². The Hall–Kier alpha value is -3.27. The molecule has 0 atom stereocenters. The zero-order valence-electron chi connectivity index (χ0n) is 20.7. The molecule has 0 fully saturated rings. The van der Waals surface area contributed by atoms with Crippen molar-refractivity contribution in [1.29, 1.82) is 0 Å². The summed E-state index contributed by atoms with van der Waals surface area (Å²) in [5.74, 6) is 0.873. The number of nitrogens with one attached hydrogen (secondary N) is 1. The number of ether oxygens (including phenoxy) is 2. The van der Waals surface area contributed by atoms with Crippen LogP contribution in [0.1, 0.15) is 16.0 Å². The van der Waals surface area contributed by atoms with Crippen LogP contribution in [-0.4, -0.2) is 35.8 Å². The van der Waals surface area contributed by atoms with Gasteiger partial charge in [-0.25, -0.2) is 9.36 Å². The summed E-state index contributed by atoms with van der Waals surface area (Å²) < 4.78 is 12.9. The first kappa shape index (κ1) is 26.8. The zero-order valence-corrected chi connectivity index (χ0v) is 23.0. The van der Waals surface area contributed by atoms with E-state index in [-0.39, 0.29) is 23.2 Å². The van der Waals surface area contributed by atoms with E-state index in [0.29, 0.717) is 39.7 Å². The van der Waals surface area contributed by atoms with Gasteiger partial charge < -0.3 is 14.8 Å². The minimum Gasteiger partial charge on any atom is -0.493 e. The van der Waals surface area contributed by atoms with E-state index in [9.17, 15) is 14.4 Å². The number of fused-ring (bicyclic) bond motifs is 1. The van der Waals surface area contributed by atoms with Gasteiger partial charge >= 0.3 is 5.69 Å². The number of carbonyl (C=O) groups excluding carboxylic acids is 1. The van der Waals surface area contributed by atoms with Crippen molar-refractivity contribution >= 4 is 50.7 Å². The molecular formula is C26H25Cl2N3O5S.